The molecule has 7 nitrogen and oxygen atoms in total. The van der Waals surface area contributed by atoms with Crippen molar-refractivity contribution in [3.63, 3.8) is 0 Å². The maximum atomic E-state index is 12.5. The summed E-state index contributed by atoms with van der Waals surface area (Å²) < 4.78 is 12.7. The van der Waals surface area contributed by atoms with E-state index in [4.69, 9.17) is 8.94 Å². The van der Waals surface area contributed by atoms with Crippen molar-refractivity contribution in [2.24, 2.45) is 7.05 Å². The number of aryl methyl sites for hydroxylation is 3. The van der Waals surface area contributed by atoms with Crippen LogP contribution in [-0.2, 0) is 13.5 Å². The van der Waals surface area contributed by atoms with Crippen LogP contribution in [-0.4, -0.2) is 20.6 Å². The predicted octanol–water partition coefficient (Wildman–Crippen LogP) is 3.61. The Hall–Kier alpha value is -3.35. The second-order valence-corrected chi connectivity index (χ2v) is 6.18. The molecule has 0 spiro atoms. The highest BCUT2D eigenvalue weighted by Gasteiger charge is 2.17. The fourth-order valence-electron chi connectivity index (χ4n) is 2.94. The maximum absolute atomic E-state index is 12.5. The third-order valence-corrected chi connectivity index (χ3v) is 4.43. The number of aromatic nitrogens is 3. The summed E-state index contributed by atoms with van der Waals surface area (Å²) in [6.45, 7) is 3.74. The highest BCUT2D eigenvalue weighted by atomic mass is 16.5. The van der Waals surface area contributed by atoms with Crippen molar-refractivity contribution in [3.05, 3.63) is 64.9 Å². The lowest BCUT2D eigenvalue weighted by Crippen LogP contribution is -2.14. The molecule has 0 aliphatic rings. The van der Waals surface area contributed by atoms with Gasteiger partial charge in [0.25, 0.3) is 5.91 Å². The Bertz CT molecular complexity index is 1080. The van der Waals surface area contributed by atoms with Gasteiger partial charge in [-0.3, -0.25) is 10.1 Å². The number of benzene rings is 1. The van der Waals surface area contributed by atoms with Crippen molar-refractivity contribution in [2.45, 2.75) is 20.3 Å². The summed E-state index contributed by atoms with van der Waals surface area (Å²) in [5.41, 5.74) is 3.57. The Kier molecular flexibility index (Phi) is 3.84. The van der Waals surface area contributed by atoms with Gasteiger partial charge < -0.3 is 13.5 Å². The summed E-state index contributed by atoms with van der Waals surface area (Å²) in [5.74, 6) is 1.80. The van der Waals surface area contributed by atoms with Gasteiger partial charge in [-0.25, -0.2) is 4.98 Å². The summed E-state index contributed by atoms with van der Waals surface area (Å²) in [6.07, 6.45) is 0.529. The van der Waals surface area contributed by atoms with E-state index in [1.165, 1.54) is 0 Å². The topological polar surface area (TPSA) is 86.1 Å². The molecule has 132 valence electrons. The van der Waals surface area contributed by atoms with Gasteiger partial charge in [-0.05, 0) is 38.1 Å². The van der Waals surface area contributed by atoms with Crippen LogP contribution < -0.4 is 5.32 Å². The molecule has 7 heteroatoms. The van der Waals surface area contributed by atoms with Gasteiger partial charge in [-0.15, -0.1) is 0 Å². The number of rotatable bonds is 4. The van der Waals surface area contributed by atoms with Gasteiger partial charge in [0.2, 0.25) is 5.95 Å². The number of nitrogens with one attached hydrogen (secondary N) is 1. The molecule has 0 unspecified atom stereocenters. The first-order valence-corrected chi connectivity index (χ1v) is 8.26. The highest BCUT2D eigenvalue weighted by molar-refractivity contribution is 6.02. The fourth-order valence-corrected chi connectivity index (χ4v) is 2.94. The van der Waals surface area contributed by atoms with Crippen LogP contribution in [0.1, 0.15) is 33.3 Å². The molecule has 0 atom stereocenters. The molecular formula is C19H18N4O3. The van der Waals surface area contributed by atoms with Gasteiger partial charge in [0, 0.05) is 19.0 Å². The first kappa shape index (κ1) is 16.1. The summed E-state index contributed by atoms with van der Waals surface area (Å²) in [7, 11) is 1.86. The first-order chi connectivity index (χ1) is 12.5. The van der Waals surface area contributed by atoms with E-state index in [1.54, 1.807) is 12.1 Å². The van der Waals surface area contributed by atoms with Crippen LogP contribution in [0, 0.1) is 13.8 Å². The minimum Gasteiger partial charge on any atom is -0.456 e. The van der Waals surface area contributed by atoms with Gasteiger partial charge in [-0.2, -0.15) is 0 Å². The van der Waals surface area contributed by atoms with Crippen LogP contribution in [0.25, 0.3) is 11.0 Å². The number of hydrogen-bond acceptors (Lipinski definition) is 5. The van der Waals surface area contributed by atoms with Gasteiger partial charge in [0.05, 0.1) is 16.7 Å². The van der Waals surface area contributed by atoms with Gasteiger partial charge >= 0.3 is 0 Å². The second-order valence-electron chi connectivity index (χ2n) is 6.18. The van der Waals surface area contributed by atoms with E-state index in [2.05, 4.69) is 15.5 Å². The Morgan fingerprint density at radius 1 is 1.19 bits per heavy atom. The van der Waals surface area contributed by atoms with E-state index < -0.39 is 0 Å². The van der Waals surface area contributed by atoms with Crippen LogP contribution in [0.2, 0.25) is 0 Å². The van der Waals surface area contributed by atoms with Crippen molar-refractivity contribution < 1.29 is 13.7 Å². The minimum absolute atomic E-state index is 0.235. The van der Waals surface area contributed by atoms with Crippen LogP contribution in [0.5, 0.6) is 0 Å². The van der Waals surface area contributed by atoms with Gasteiger partial charge in [-0.1, -0.05) is 17.3 Å². The quantitative estimate of drug-likeness (QED) is 0.607. The van der Waals surface area contributed by atoms with Crippen molar-refractivity contribution in [1.82, 2.24) is 14.7 Å². The van der Waals surface area contributed by atoms with Crippen LogP contribution in [0.15, 0.2) is 45.3 Å². The Morgan fingerprint density at radius 2 is 2.00 bits per heavy atom. The fraction of sp³-hybridized carbons (Fsp3) is 0.211. The van der Waals surface area contributed by atoms with Crippen LogP contribution in [0.3, 0.4) is 0 Å². The predicted molar refractivity (Wildman–Crippen MR) is 96.2 cm³/mol. The van der Waals surface area contributed by atoms with Crippen molar-refractivity contribution in [1.29, 1.82) is 0 Å². The number of carbonyl (C=O) groups is 1. The molecule has 0 saturated carbocycles. The number of nitrogens with zero attached hydrogens (tertiary/aromatic N) is 3. The van der Waals surface area contributed by atoms with Crippen molar-refractivity contribution in [3.8, 4) is 0 Å². The van der Waals surface area contributed by atoms with Crippen molar-refractivity contribution >= 4 is 22.9 Å². The van der Waals surface area contributed by atoms with E-state index in [9.17, 15) is 4.79 Å². The van der Waals surface area contributed by atoms with Gasteiger partial charge in [0.1, 0.15) is 11.5 Å². The minimum atomic E-state index is -0.339. The summed E-state index contributed by atoms with van der Waals surface area (Å²) in [5, 5.41) is 6.73. The van der Waals surface area contributed by atoms with E-state index in [0.717, 1.165) is 28.1 Å². The summed E-state index contributed by atoms with van der Waals surface area (Å²) in [6, 6.07) is 11.1. The molecule has 0 saturated heterocycles. The van der Waals surface area contributed by atoms with Crippen LogP contribution >= 0.6 is 0 Å². The molecule has 0 aliphatic carbocycles. The maximum Gasteiger partial charge on any atom is 0.293 e. The van der Waals surface area contributed by atoms with E-state index in [0.29, 0.717) is 18.1 Å². The highest BCUT2D eigenvalue weighted by Crippen LogP contribution is 2.21. The summed E-state index contributed by atoms with van der Waals surface area (Å²) in [4.78, 5) is 16.9. The third-order valence-electron chi connectivity index (χ3n) is 4.43. The van der Waals surface area contributed by atoms with Gasteiger partial charge in [0.15, 0.2) is 5.76 Å². The van der Waals surface area contributed by atoms with Crippen LogP contribution in [0.4, 0.5) is 5.95 Å². The third kappa shape index (κ3) is 2.77. The number of fused-ring (bicyclic) bond motifs is 1. The monoisotopic (exact) mass is 350 g/mol. The molecule has 26 heavy (non-hydrogen) atoms. The Balaban J connectivity index is 1.53. The average molecular weight is 350 g/mol. The lowest BCUT2D eigenvalue weighted by molar-refractivity contribution is 0.0994. The molecule has 0 bridgehead atoms. The zero-order valence-corrected chi connectivity index (χ0v) is 14.7. The molecule has 3 heterocycles. The molecule has 1 N–H and O–H groups in total. The van der Waals surface area contributed by atoms with E-state index in [-0.39, 0.29) is 11.7 Å². The molecule has 0 radical (unpaired) electrons. The second kappa shape index (κ2) is 6.18. The van der Waals surface area contributed by atoms with E-state index >= 15 is 0 Å². The smallest absolute Gasteiger partial charge is 0.293 e. The number of anilines is 1. The number of hydrogen-bond donors (Lipinski definition) is 1. The SMILES string of the molecule is Cc1noc(C)c1Cc1ccc(C(=O)Nc2nc3ccccc3n2C)o1. The zero-order chi connectivity index (χ0) is 18.3. The van der Waals surface area contributed by atoms with E-state index in [1.807, 2.05) is 49.7 Å². The molecule has 1 aromatic carbocycles. The Morgan fingerprint density at radius 3 is 2.73 bits per heavy atom. The first-order valence-electron chi connectivity index (χ1n) is 8.26. The number of imidazole rings is 1. The largest absolute Gasteiger partial charge is 0.456 e. The lowest BCUT2D eigenvalue weighted by atomic mass is 10.1. The molecule has 0 fully saturated rings. The average Bonchev–Trinajstić information content (AvgIpc) is 3.31. The standard InChI is InChI=1S/C19H18N4O3/c1-11-14(12(2)26-22-11)10-13-8-9-17(25-13)18(24)21-19-20-15-6-4-5-7-16(15)23(19)3/h4-9H,10H2,1-3H3,(H,20,21,24). The Labute approximate surface area is 149 Å². The number of furan rings is 1. The molecule has 0 aliphatic heterocycles. The normalized spacial score (nSPS) is 11.2. The number of carbonyl (C=O) groups excluding carboxylic acids is 1. The lowest BCUT2D eigenvalue weighted by Gasteiger charge is -2.03. The molecule has 4 aromatic rings. The van der Waals surface area contributed by atoms with Crippen molar-refractivity contribution in [2.75, 3.05) is 5.32 Å². The molecule has 4 rings (SSSR count). The zero-order valence-electron chi connectivity index (χ0n) is 14.7. The molecule has 1 amide bonds. The summed E-state index contributed by atoms with van der Waals surface area (Å²) >= 11 is 0. The molecule has 3 aromatic heterocycles. The number of amides is 1. The number of para-hydroxylation sites is 2. The molecular weight excluding hydrogens is 332 g/mol.